The Hall–Kier alpha value is -3.06. The number of carboxylic acid groups (broad SMARTS) is 1. The van der Waals surface area contributed by atoms with Crippen LogP contribution in [0.15, 0.2) is 69.8 Å². The molecule has 1 atom stereocenters. The number of amides is 1. The van der Waals surface area contributed by atoms with Crippen molar-refractivity contribution in [3.05, 3.63) is 82.2 Å². The van der Waals surface area contributed by atoms with Crippen molar-refractivity contribution in [2.24, 2.45) is 0 Å². The molecule has 0 bridgehead atoms. The Morgan fingerprint density at radius 1 is 1.07 bits per heavy atom. The van der Waals surface area contributed by atoms with Crippen molar-refractivity contribution in [3.8, 4) is 11.1 Å². The van der Waals surface area contributed by atoms with Crippen LogP contribution < -0.4 is 5.32 Å². The lowest BCUT2D eigenvalue weighted by Gasteiger charge is -2.27. The minimum Gasteiger partial charge on any atom is -0.481 e. The molecule has 2 aromatic carbocycles. The molecule has 1 heterocycles. The number of hydrogen-bond donors (Lipinski definition) is 2. The van der Waals surface area contributed by atoms with Crippen molar-refractivity contribution in [1.29, 1.82) is 0 Å². The lowest BCUT2D eigenvalue weighted by atomic mass is 9.95. The number of fused-ring (bicyclic) bond motifs is 3. The fraction of sp³-hybridized carbons (Fsp3) is 0.217. The summed E-state index contributed by atoms with van der Waals surface area (Å²) < 4.78 is 11.5. The van der Waals surface area contributed by atoms with Crippen LogP contribution in [0, 0.1) is 0 Å². The maximum atomic E-state index is 12.6. The van der Waals surface area contributed by atoms with E-state index in [9.17, 15) is 14.7 Å². The number of carbonyl (C=O) groups is 2. The third-order valence-electron chi connectivity index (χ3n) is 5.34. The van der Waals surface area contributed by atoms with Gasteiger partial charge in [-0.25, -0.2) is 4.79 Å². The Labute approximate surface area is 182 Å². The van der Waals surface area contributed by atoms with Crippen LogP contribution >= 0.6 is 15.9 Å². The fourth-order valence-corrected chi connectivity index (χ4v) is 4.27. The van der Waals surface area contributed by atoms with E-state index in [0.717, 1.165) is 22.3 Å². The summed E-state index contributed by atoms with van der Waals surface area (Å²) in [5, 5.41) is 12.0. The predicted octanol–water partition coefficient (Wildman–Crippen LogP) is 5.27. The molecule has 1 aromatic heterocycles. The molecule has 1 aliphatic carbocycles. The highest BCUT2D eigenvalue weighted by Crippen LogP contribution is 2.44. The topological polar surface area (TPSA) is 88.8 Å². The van der Waals surface area contributed by atoms with E-state index in [0.29, 0.717) is 10.4 Å². The number of furan rings is 1. The second kappa shape index (κ2) is 7.99. The average Bonchev–Trinajstić information content (AvgIpc) is 3.28. The summed E-state index contributed by atoms with van der Waals surface area (Å²) in [4.78, 5) is 24.0. The first-order valence-corrected chi connectivity index (χ1v) is 10.3. The fourth-order valence-electron chi connectivity index (χ4n) is 3.97. The van der Waals surface area contributed by atoms with Crippen LogP contribution in [-0.4, -0.2) is 23.8 Å². The average molecular weight is 470 g/mol. The van der Waals surface area contributed by atoms with Crippen LogP contribution in [0.3, 0.4) is 0 Å². The van der Waals surface area contributed by atoms with Crippen LogP contribution in [0.25, 0.3) is 11.1 Å². The van der Waals surface area contributed by atoms with Crippen molar-refractivity contribution in [2.75, 3.05) is 6.61 Å². The normalized spacial score (nSPS) is 14.5. The first kappa shape index (κ1) is 20.2. The molecule has 0 saturated heterocycles. The third-order valence-corrected chi connectivity index (χ3v) is 5.77. The second-order valence-electron chi connectivity index (χ2n) is 7.46. The summed E-state index contributed by atoms with van der Waals surface area (Å²) >= 11 is 3.21. The van der Waals surface area contributed by atoms with Gasteiger partial charge in [0.1, 0.15) is 17.9 Å². The first-order chi connectivity index (χ1) is 14.4. The van der Waals surface area contributed by atoms with E-state index < -0.39 is 17.6 Å². The molecule has 2 N–H and O–H groups in total. The van der Waals surface area contributed by atoms with Crippen molar-refractivity contribution in [3.63, 3.8) is 0 Å². The van der Waals surface area contributed by atoms with Crippen LogP contribution in [-0.2, 0) is 15.1 Å². The molecule has 1 amide bonds. The van der Waals surface area contributed by atoms with Crippen LogP contribution in [0.1, 0.15) is 36.1 Å². The van der Waals surface area contributed by atoms with Gasteiger partial charge in [-0.2, -0.15) is 0 Å². The number of carbonyl (C=O) groups excluding carboxylic acids is 1. The van der Waals surface area contributed by atoms with Crippen LogP contribution in [0.5, 0.6) is 0 Å². The Balaban J connectivity index is 1.51. The Kier molecular flexibility index (Phi) is 5.39. The van der Waals surface area contributed by atoms with Gasteiger partial charge in [0.05, 0.1) is 6.42 Å². The molecule has 6 nitrogen and oxygen atoms in total. The standard InChI is InChI=1S/C23H20BrNO5/c1-23(12-21(26)27,19-10-11-20(24)30-19)25-22(28)29-13-18-16-8-4-2-6-14(16)15-7-3-5-9-17(15)18/h2-11,18H,12-13H2,1H3,(H,25,28)(H,26,27). The number of halogens is 1. The molecule has 7 heteroatoms. The van der Waals surface area contributed by atoms with Gasteiger partial charge < -0.3 is 19.6 Å². The SMILES string of the molecule is CC(CC(=O)O)(NC(=O)OCC1c2ccccc2-c2ccccc21)c1ccc(Br)o1. The summed E-state index contributed by atoms with van der Waals surface area (Å²) in [6, 6.07) is 19.4. The molecule has 0 radical (unpaired) electrons. The summed E-state index contributed by atoms with van der Waals surface area (Å²) in [6.07, 6.45) is -1.05. The first-order valence-electron chi connectivity index (χ1n) is 9.48. The maximum absolute atomic E-state index is 12.6. The number of benzene rings is 2. The van der Waals surface area contributed by atoms with E-state index in [-0.39, 0.29) is 18.9 Å². The van der Waals surface area contributed by atoms with E-state index in [1.807, 2.05) is 36.4 Å². The smallest absolute Gasteiger partial charge is 0.407 e. The second-order valence-corrected chi connectivity index (χ2v) is 8.24. The predicted molar refractivity (Wildman–Crippen MR) is 114 cm³/mol. The van der Waals surface area contributed by atoms with Gasteiger partial charge in [-0.05, 0) is 57.2 Å². The van der Waals surface area contributed by atoms with Crippen molar-refractivity contribution in [2.45, 2.75) is 24.8 Å². The molecule has 1 unspecified atom stereocenters. The zero-order chi connectivity index (χ0) is 21.3. The Morgan fingerprint density at radius 2 is 1.67 bits per heavy atom. The summed E-state index contributed by atoms with van der Waals surface area (Å²) in [5.41, 5.74) is 3.24. The molecule has 0 saturated carbocycles. The van der Waals surface area contributed by atoms with Gasteiger partial charge in [0.15, 0.2) is 4.67 Å². The van der Waals surface area contributed by atoms with Crippen LogP contribution in [0.2, 0.25) is 0 Å². The van der Waals surface area contributed by atoms with Gasteiger partial charge in [-0.15, -0.1) is 0 Å². The van der Waals surface area contributed by atoms with Gasteiger partial charge in [-0.1, -0.05) is 48.5 Å². The summed E-state index contributed by atoms with van der Waals surface area (Å²) in [7, 11) is 0. The minimum absolute atomic E-state index is 0.0772. The number of ether oxygens (including phenoxy) is 1. The highest BCUT2D eigenvalue weighted by atomic mass is 79.9. The number of rotatable bonds is 6. The molecule has 0 aliphatic heterocycles. The maximum Gasteiger partial charge on any atom is 0.407 e. The van der Waals surface area contributed by atoms with E-state index in [1.54, 1.807) is 19.1 Å². The molecule has 0 spiro atoms. The molecular formula is C23H20BrNO5. The lowest BCUT2D eigenvalue weighted by molar-refractivity contribution is -0.138. The third kappa shape index (κ3) is 3.85. The van der Waals surface area contributed by atoms with Gasteiger partial charge in [0.2, 0.25) is 0 Å². The van der Waals surface area contributed by atoms with Crippen molar-refractivity contribution >= 4 is 28.0 Å². The Morgan fingerprint density at radius 3 is 2.20 bits per heavy atom. The van der Waals surface area contributed by atoms with Gasteiger partial charge in [0.25, 0.3) is 0 Å². The zero-order valence-corrected chi connectivity index (χ0v) is 17.8. The highest BCUT2D eigenvalue weighted by Gasteiger charge is 2.36. The lowest BCUT2D eigenvalue weighted by Crippen LogP contribution is -2.45. The van der Waals surface area contributed by atoms with E-state index in [4.69, 9.17) is 9.15 Å². The minimum atomic E-state index is -1.25. The number of hydrogen-bond acceptors (Lipinski definition) is 4. The summed E-state index contributed by atoms with van der Waals surface area (Å²) in [5.74, 6) is -0.819. The molecule has 3 aromatic rings. The summed E-state index contributed by atoms with van der Waals surface area (Å²) in [6.45, 7) is 1.73. The van der Waals surface area contributed by atoms with Crippen molar-refractivity contribution in [1.82, 2.24) is 5.32 Å². The molecular weight excluding hydrogens is 450 g/mol. The van der Waals surface area contributed by atoms with E-state index in [2.05, 4.69) is 33.4 Å². The monoisotopic (exact) mass is 469 g/mol. The quantitative estimate of drug-likeness (QED) is 0.513. The number of aliphatic carboxylic acids is 1. The Bertz CT molecular complexity index is 1060. The number of nitrogens with one attached hydrogen (secondary N) is 1. The van der Waals surface area contributed by atoms with Crippen LogP contribution in [0.4, 0.5) is 4.79 Å². The van der Waals surface area contributed by atoms with Crippen molar-refractivity contribution < 1.29 is 23.8 Å². The number of carboxylic acids is 1. The molecule has 1 aliphatic rings. The van der Waals surface area contributed by atoms with Gasteiger partial charge in [-0.3, -0.25) is 4.79 Å². The zero-order valence-electron chi connectivity index (χ0n) is 16.2. The molecule has 0 fully saturated rings. The number of alkyl carbamates (subject to hydrolysis) is 1. The highest BCUT2D eigenvalue weighted by molar-refractivity contribution is 9.10. The largest absolute Gasteiger partial charge is 0.481 e. The molecule has 154 valence electrons. The van der Waals surface area contributed by atoms with Gasteiger partial charge >= 0.3 is 12.1 Å². The van der Waals surface area contributed by atoms with E-state index >= 15 is 0 Å². The molecule has 4 rings (SSSR count). The molecule has 30 heavy (non-hydrogen) atoms. The van der Waals surface area contributed by atoms with E-state index in [1.165, 1.54) is 0 Å². The van der Waals surface area contributed by atoms with Gasteiger partial charge in [0, 0.05) is 5.92 Å².